The molecule has 3 aromatic heterocycles. The zero-order valence-electron chi connectivity index (χ0n) is 13.3. The predicted molar refractivity (Wildman–Crippen MR) is 97.7 cm³/mol. The predicted octanol–water partition coefficient (Wildman–Crippen LogP) is 3.12. The van der Waals surface area contributed by atoms with Gasteiger partial charge in [-0.1, -0.05) is 0 Å². The molecule has 0 N–H and O–H groups in total. The van der Waals surface area contributed by atoms with Gasteiger partial charge in [-0.3, -0.25) is 14.2 Å². The molecule has 4 heterocycles. The molecule has 7 heteroatoms. The lowest BCUT2D eigenvalue weighted by molar-refractivity contribution is -0.130. The molecule has 0 saturated carbocycles. The van der Waals surface area contributed by atoms with Crippen LogP contribution in [0.15, 0.2) is 28.6 Å². The molecule has 4 rings (SSSR count). The van der Waals surface area contributed by atoms with Crippen molar-refractivity contribution in [2.45, 2.75) is 26.3 Å². The summed E-state index contributed by atoms with van der Waals surface area (Å²) >= 11 is 3.14. The summed E-state index contributed by atoms with van der Waals surface area (Å²) in [6, 6.07) is 4.09. The molecule has 1 aliphatic rings. The molecule has 5 nitrogen and oxygen atoms in total. The normalized spacial score (nSPS) is 14.6. The number of carbonyl (C=O) groups excluding carboxylic acids is 1. The Morgan fingerprint density at radius 3 is 2.79 bits per heavy atom. The lowest BCUT2D eigenvalue weighted by Gasteiger charge is -2.15. The number of hydrogen-bond donors (Lipinski definition) is 0. The van der Waals surface area contributed by atoms with Crippen molar-refractivity contribution in [3.8, 4) is 10.4 Å². The molecule has 0 unspecified atom stereocenters. The van der Waals surface area contributed by atoms with Crippen LogP contribution in [0.25, 0.3) is 20.7 Å². The molecule has 1 amide bonds. The van der Waals surface area contributed by atoms with E-state index >= 15 is 0 Å². The fourth-order valence-corrected chi connectivity index (χ4v) is 4.92. The molecule has 1 saturated heterocycles. The quantitative estimate of drug-likeness (QED) is 0.722. The van der Waals surface area contributed by atoms with Crippen LogP contribution in [-0.4, -0.2) is 33.4 Å². The Morgan fingerprint density at radius 2 is 2.08 bits per heavy atom. The maximum atomic E-state index is 12.9. The standard InChI is InChI=1S/C17H17N3O2S2/c1-11-4-5-13(24-11)12-9-23-16-15(12)17(22)20(10-18-16)8-14(21)19-6-2-3-7-19/h4-5,9-10H,2-3,6-8H2,1H3. The van der Waals surface area contributed by atoms with E-state index in [1.807, 2.05) is 23.3 Å². The highest BCUT2D eigenvalue weighted by Gasteiger charge is 2.20. The van der Waals surface area contributed by atoms with E-state index in [0.29, 0.717) is 5.39 Å². The van der Waals surface area contributed by atoms with Gasteiger partial charge in [0, 0.05) is 33.8 Å². The third-order valence-electron chi connectivity index (χ3n) is 4.33. The Bertz CT molecular complexity index is 964. The van der Waals surface area contributed by atoms with E-state index in [4.69, 9.17) is 0 Å². The number of amides is 1. The fraction of sp³-hybridized carbons (Fsp3) is 0.353. The number of rotatable bonds is 3. The Morgan fingerprint density at radius 1 is 1.29 bits per heavy atom. The third kappa shape index (κ3) is 2.67. The Balaban J connectivity index is 1.74. The summed E-state index contributed by atoms with van der Waals surface area (Å²) in [5.41, 5.74) is 0.795. The molecule has 0 aromatic carbocycles. The molecule has 0 spiro atoms. The number of hydrogen-bond acceptors (Lipinski definition) is 5. The first-order valence-electron chi connectivity index (χ1n) is 7.95. The monoisotopic (exact) mass is 359 g/mol. The van der Waals surface area contributed by atoms with Crippen molar-refractivity contribution in [1.82, 2.24) is 14.5 Å². The second-order valence-electron chi connectivity index (χ2n) is 6.01. The van der Waals surface area contributed by atoms with E-state index in [9.17, 15) is 9.59 Å². The number of fused-ring (bicyclic) bond motifs is 1. The average Bonchev–Trinajstić information content (AvgIpc) is 3.29. The van der Waals surface area contributed by atoms with Gasteiger partial charge in [-0.15, -0.1) is 22.7 Å². The second-order valence-corrected chi connectivity index (χ2v) is 8.15. The SMILES string of the molecule is Cc1ccc(-c2csc3ncn(CC(=O)N4CCCC4)c(=O)c23)s1. The first kappa shape index (κ1) is 15.5. The van der Waals surface area contributed by atoms with Crippen molar-refractivity contribution >= 4 is 38.8 Å². The Hall–Kier alpha value is -1.99. The molecule has 124 valence electrons. The van der Waals surface area contributed by atoms with Crippen LogP contribution in [-0.2, 0) is 11.3 Å². The lowest BCUT2D eigenvalue weighted by Crippen LogP contribution is -2.34. The minimum atomic E-state index is -0.130. The van der Waals surface area contributed by atoms with Crippen LogP contribution in [0.2, 0.25) is 0 Å². The summed E-state index contributed by atoms with van der Waals surface area (Å²) in [6.45, 7) is 3.71. The molecule has 0 radical (unpaired) electrons. The molecule has 3 aromatic rings. The van der Waals surface area contributed by atoms with Crippen molar-refractivity contribution in [2.24, 2.45) is 0 Å². The van der Waals surface area contributed by atoms with Gasteiger partial charge < -0.3 is 4.90 Å². The van der Waals surface area contributed by atoms with Crippen LogP contribution in [0.5, 0.6) is 0 Å². The van der Waals surface area contributed by atoms with Gasteiger partial charge in [-0.2, -0.15) is 0 Å². The van der Waals surface area contributed by atoms with Crippen molar-refractivity contribution in [2.75, 3.05) is 13.1 Å². The minimum absolute atomic E-state index is 0.000465. The van der Waals surface area contributed by atoms with Gasteiger partial charge >= 0.3 is 0 Å². The molecular weight excluding hydrogens is 342 g/mol. The first-order valence-corrected chi connectivity index (χ1v) is 9.64. The topological polar surface area (TPSA) is 55.2 Å². The lowest BCUT2D eigenvalue weighted by atomic mass is 10.2. The maximum absolute atomic E-state index is 12.9. The molecule has 1 aliphatic heterocycles. The summed E-state index contributed by atoms with van der Waals surface area (Å²) in [5, 5.41) is 2.61. The van der Waals surface area contributed by atoms with Crippen LogP contribution in [0.4, 0.5) is 0 Å². The number of thiophene rings is 2. The van der Waals surface area contributed by atoms with Gasteiger partial charge in [0.1, 0.15) is 11.4 Å². The summed E-state index contributed by atoms with van der Waals surface area (Å²) in [6.07, 6.45) is 3.59. The minimum Gasteiger partial charge on any atom is -0.341 e. The zero-order valence-corrected chi connectivity index (χ0v) is 15.0. The van der Waals surface area contributed by atoms with E-state index in [-0.39, 0.29) is 18.0 Å². The van der Waals surface area contributed by atoms with Crippen LogP contribution in [0, 0.1) is 6.92 Å². The summed E-state index contributed by atoms with van der Waals surface area (Å²) in [4.78, 5) is 34.5. The largest absolute Gasteiger partial charge is 0.341 e. The molecule has 24 heavy (non-hydrogen) atoms. The van der Waals surface area contributed by atoms with Crippen LogP contribution < -0.4 is 5.56 Å². The van der Waals surface area contributed by atoms with Crippen molar-refractivity contribution in [3.05, 3.63) is 39.1 Å². The molecule has 0 bridgehead atoms. The Labute approximate surface area is 147 Å². The second kappa shape index (κ2) is 6.14. The number of likely N-dealkylation sites (tertiary alicyclic amines) is 1. The number of carbonyl (C=O) groups is 1. The molecule has 1 fully saturated rings. The first-order chi connectivity index (χ1) is 11.6. The number of aryl methyl sites for hydroxylation is 1. The maximum Gasteiger partial charge on any atom is 0.263 e. The van der Waals surface area contributed by atoms with Gasteiger partial charge in [0.25, 0.3) is 5.56 Å². The number of aromatic nitrogens is 2. The van der Waals surface area contributed by atoms with Gasteiger partial charge in [0.15, 0.2) is 0 Å². The van der Waals surface area contributed by atoms with Gasteiger partial charge in [-0.25, -0.2) is 4.98 Å². The zero-order chi connectivity index (χ0) is 16.7. The van der Waals surface area contributed by atoms with Crippen molar-refractivity contribution < 1.29 is 4.79 Å². The Kier molecular flexibility index (Phi) is 3.97. The average molecular weight is 359 g/mol. The van der Waals surface area contributed by atoms with Gasteiger partial charge in [0.05, 0.1) is 11.7 Å². The summed E-state index contributed by atoms with van der Waals surface area (Å²) in [5.74, 6) is -0.000465. The smallest absolute Gasteiger partial charge is 0.263 e. The van der Waals surface area contributed by atoms with Crippen LogP contribution in [0.1, 0.15) is 17.7 Å². The highest BCUT2D eigenvalue weighted by Crippen LogP contribution is 2.34. The molecule has 0 atom stereocenters. The van der Waals surface area contributed by atoms with E-state index in [1.54, 1.807) is 11.3 Å². The summed E-state index contributed by atoms with van der Waals surface area (Å²) < 4.78 is 1.44. The van der Waals surface area contributed by atoms with Crippen LogP contribution in [0.3, 0.4) is 0 Å². The summed E-state index contributed by atoms with van der Waals surface area (Å²) in [7, 11) is 0. The molecule has 0 aliphatic carbocycles. The highest BCUT2D eigenvalue weighted by molar-refractivity contribution is 7.19. The van der Waals surface area contributed by atoms with Crippen molar-refractivity contribution in [3.63, 3.8) is 0 Å². The van der Waals surface area contributed by atoms with Gasteiger partial charge in [-0.05, 0) is 31.9 Å². The highest BCUT2D eigenvalue weighted by atomic mass is 32.1. The van der Waals surface area contributed by atoms with E-state index in [2.05, 4.69) is 11.1 Å². The van der Waals surface area contributed by atoms with E-state index < -0.39 is 0 Å². The van der Waals surface area contributed by atoms with Crippen LogP contribution >= 0.6 is 22.7 Å². The van der Waals surface area contributed by atoms with Gasteiger partial charge in [0.2, 0.25) is 5.91 Å². The van der Waals surface area contributed by atoms with Crippen molar-refractivity contribution in [1.29, 1.82) is 0 Å². The fourth-order valence-electron chi connectivity index (χ4n) is 3.05. The molecular formula is C17H17N3O2S2. The third-order valence-corrected chi connectivity index (χ3v) is 6.25. The number of nitrogens with zero attached hydrogens (tertiary/aromatic N) is 3. The van der Waals surface area contributed by atoms with E-state index in [1.165, 1.54) is 27.1 Å². The van der Waals surface area contributed by atoms with E-state index in [0.717, 1.165) is 41.2 Å².